The van der Waals surface area contributed by atoms with E-state index in [0.717, 1.165) is 12.5 Å². The highest BCUT2D eigenvalue weighted by atomic mass is 19.1. The lowest BCUT2D eigenvalue weighted by Crippen LogP contribution is -2.59. The molecule has 1 amide bonds. The smallest absolute Gasteiger partial charge is 0.410 e. The van der Waals surface area contributed by atoms with Gasteiger partial charge in [-0.25, -0.2) is 14.0 Å². The monoisotopic (exact) mass is 681 g/mol. The van der Waals surface area contributed by atoms with Crippen LogP contribution in [0.1, 0.15) is 74.1 Å². The summed E-state index contributed by atoms with van der Waals surface area (Å²) in [6.07, 6.45) is 1.35. The molecule has 3 heterocycles. The number of Topliss-reactive ketones (excluding diaryl/α,β-unsaturated/α-hetero) is 2. The number of alkyl halides is 1. The van der Waals surface area contributed by atoms with Crippen LogP contribution in [0.3, 0.4) is 0 Å². The number of halogens is 1. The first-order valence-corrected chi connectivity index (χ1v) is 17.0. The molecular formula is C35H49BFN5O7. The third kappa shape index (κ3) is 7.39. The summed E-state index contributed by atoms with van der Waals surface area (Å²) in [6.45, 7) is 11.5. The van der Waals surface area contributed by atoms with Crippen molar-refractivity contribution in [3.05, 3.63) is 30.5 Å². The van der Waals surface area contributed by atoms with E-state index in [1.165, 1.54) is 18.9 Å². The molecule has 0 spiro atoms. The predicted octanol–water partition coefficient (Wildman–Crippen LogP) is 4.75. The maximum absolute atomic E-state index is 16.1. The lowest BCUT2D eigenvalue weighted by molar-refractivity contribution is -0.180. The lowest BCUT2D eigenvalue weighted by atomic mass is 9.61. The second-order valence-corrected chi connectivity index (χ2v) is 14.2. The number of carbonyl (C=O) groups excluding carboxylic acids is 4. The Balaban J connectivity index is 1.62. The Hall–Kier alpha value is -3.81. The van der Waals surface area contributed by atoms with Gasteiger partial charge in [-0.2, -0.15) is 0 Å². The number of esters is 1. The fourth-order valence-electron chi connectivity index (χ4n) is 7.51. The molecule has 1 aromatic carbocycles. The number of nitrogens with zero attached hydrogens (tertiary/aromatic N) is 4. The van der Waals surface area contributed by atoms with Crippen molar-refractivity contribution in [2.75, 3.05) is 19.4 Å². The molecule has 0 unspecified atom stereocenters. The number of amides is 1. The summed E-state index contributed by atoms with van der Waals surface area (Å²) < 4.78 is 35.2. The van der Waals surface area contributed by atoms with E-state index in [1.54, 1.807) is 45.4 Å². The number of rotatable bonds is 8. The molecule has 2 aliphatic rings. The molecule has 2 fully saturated rings. The van der Waals surface area contributed by atoms with Crippen LogP contribution < -0.4 is 5.73 Å². The Morgan fingerprint density at radius 2 is 1.76 bits per heavy atom. The van der Waals surface area contributed by atoms with Crippen LogP contribution in [-0.4, -0.2) is 94.0 Å². The molecule has 0 aliphatic carbocycles. The summed E-state index contributed by atoms with van der Waals surface area (Å²) in [6, 6.07) is 6.47. The number of nitrogens with two attached hydrogens (primary N) is 1. The van der Waals surface area contributed by atoms with Gasteiger partial charge in [0.1, 0.15) is 17.6 Å². The van der Waals surface area contributed by atoms with Crippen LogP contribution in [0.4, 0.5) is 14.9 Å². The summed E-state index contributed by atoms with van der Waals surface area (Å²) >= 11 is 0. The summed E-state index contributed by atoms with van der Waals surface area (Å²) in [7, 11) is 7.91. The van der Waals surface area contributed by atoms with Crippen molar-refractivity contribution in [2.45, 2.75) is 116 Å². The number of carbonyl (C=O) groups is 4. The van der Waals surface area contributed by atoms with Gasteiger partial charge in [-0.05, 0) is 64.4 Å². The minimum atomic E-state index is -3.04. The van der Waals surface area contributed by atoms with Crippen molar-refractivity contribution < 1.29 is 37.8 Å². The van der Waals surface area contributed by atoms with Crippen molar-refractivity contribution in [3.63, 3.8) is 0 Å². The van der Waals surface area contributed by atoms with Crippen LogP contribution in [0.15, 0.2) is 30.5 Å². The van der Waals surface area contributed by atoms with E-state index in [4.69, 9.17) is 27.8 Å². The molecule has 266 valence electrons. The van der Waals surface area contributed by atoms with Crippen molar-refractivity contribution in [1.29, 1.82) is 0 Å². The molecule has 2 saturated heterocycles. The van der Waals surface area contributed by atoms with Gasteiger partial charge in [-0.15, -0.1) is 5.10 Å². The number of hydrogen-bond donors (Lipinski definition) is 1. The number of ketones is 2. The van der Waals surface area contributed by atoms with Crippen molar-refractivity contribution in [1.82, 2.24) is 19.9 Å². The van der Waals surface area contributed by atoms with Crippen LogP contribution >= 0.6 is 0 Å². The molecule has 4 rings (SSSR count). The van der Waals surface area contributed by atoms with Crippen molar-refractivity contribution in [2.24, 2.45) is 17.8 Å². The second-order valence-electron chi connectivity index (χ2n) is 14.2. The summed E-state index contributed by atoms with van der Waals surface area (Å²) in [4.78, 5) is 56.1. The maximum atomic E-state index is 16.1. The molecule has 2 aromatic rings. The van der Waals surface area contributed by atoms with Crippen LogP contribution in [-0.2, 0) is 35.1 Å². The third-order valence-electron chi connectivity index (χ3n) is 10.6. The van der Waals surface area contributed by atoms with Gasteiger partial charge in [0.15, 0.2) is 11.4 Å². The minimum absolute atomic E-state index is 0.115. The molecular weight excluding hydrogens is 632 g/mol. The zero-order chi connectivity index (χ0) is 36.5. The van der Waals surface area contributed by atoms with Gasteiger partial charge < -0.3 is 24.8 Å². The van der Waals surface area contributed by atoms with Crippen LogP contribution in [0.5, 0.6) is 0 Å². The van der Waals surface area contributed by atoms with E-state index < -0.39 is 70.4 Å². The molecule has 9 atom stereocenters. The first-order chi connectivity index (χ1) is 22.9. The standard InChI is InChI=1S/C35H49BFN5O7/c1-9-26-35(7)29(42(32(46)49-35)16-11-10-15-41-19-25(39-40-41)23-13-12-14-24(38)17-23)21(3)27(43)20(2)18-33(5,47-8)28(36)22(4)30(44)34(6,37)31(45)48-26/h12-14,17,19-22,26,28-29H,9-11,15-16,18,38H2,1-8H3/t20-,21+,22-,26-,28-,29-,33-,34+,35-/m1/s1. The van der Waals surface area contributed by atoms with Gasteiger partial charge in [0, 0.05) is 49.2 Å². The normalized spacial score (nSPS) is 34.7. The Morgan fingerprint density at radius 1 is 1.08 bits per heavy atom. The van der Waals surface area contributed by atoms with Gasteiger partial charge in [-0.1, -0.05) is 45.0 Å². The predicted molar refractivity (Wildman–Crippen MR) is 181 cm³/mol. The maximum Gasteiger partial charge on any atom is 0.410 e. The topological polar surface area (TPSA) is 156 Å². The highest BCUT2D eigenvalue weighted by Gasteiger charge is 2.61. The molecule has 2 N–H and O–H groups in total. The number of unbranched alkanes of at least 4 members (excludes halogenated alkanes) is 1. The zero-order valence-electron chi connectivity index (χ0n) is 29.8. The van der Waals surface area contributed by atoms with Gasteiger partial charge in [0.05, 0.1) is 25.7 Å². The molecule has 2 radical (unpaired) electrons. The van der Waals surface area contributed by atoms with Gasteiger partial charge in [0.2, 0.25) is 0 Å². The molecule has 1 aromatic heterocycles. The van der Waals surface area contributed by atoms with Crippen molar-refractivity contribution in [3.8, 4) is 11.3 Å². The quantitative estimate of drug-likeness (QED) is 0.136. The highest BCUT2D eigenvalue weighted by molar-refractivity contribution is 6.17. The fourth-order valence-corrected chi connectivity index (χ4v) is 7.51. The van der Waals surface area contributed by atoms with Gasteiger partial charge in [0.25, 0.3) is 5.67 Å². The van der Waals surface area contributed by atoms with E-state index in [0.29, 0.717) is 30.8 Å². The van der Waals surface area contributed by atoms with Crippen molar-refractivity contribution >= 4 is 37.2 Å². The number of hydrogen-bond acceptors (Lipinski definition) is 10. The van der Waals surface area contributed by atoms with Crippen LogP contribution in [0, 0.1) is 17.8 Å². The Labute approximate surface area is 289 Å². The summed E-state index contributed by atoms with van der Waals surface area (Å²) in [5.74, 6) is -6.27. The molecule has 14 heteroatoms. The average Bonchev–Trinajstić information content (AvgIpc) is 3.64. The molecule has 0 bridgehead atoms. The van der Waals surface area contributed by atoms with E-state index in [9.17, 15) is 19.2 Å². The number of ether oxygens (including phenoxy) is 3. The zero-order valence-corrected chi connectivity index (χ0v) is 29.8. The number of methoxy groups -OCH3 is 1. The number of benzene rings is 1. The Bertz CT molecular complexity index is 1550. The number of aromatic nitrogens is 3. The molecule has 12 nitrogen and oxygen atoms in total. The van der Waals surface area contributed by atoms with Crippen LogP contribution in [0.25, 0.3) is 11.3 Å². The van der Waals surface area contributed by atoms with Gasteiger partial charge in [-0.3, -0.25) is 14.3 Å². The number of fused-ring (bicyclic) bond motifs is 1. The fraction of sp³-hybridized carbons (Fsp3) is 0.657. The first kappa shape index (κ1) is 38.0. The highest BCUT2D eigenvalue weighted by Crippen LogP contribution is 2.44. The summed E-state index contributed by atoms with van der Waals surface area (Å²) in [5, 5.41) is 8.45. The number of nitrogen functional groups attached to an aromatic ring is 1. The number of anilines is 1. The molecule has 0 saturated carbocycles. The second kappa shape index (κ2) is 14.6. The molecule has 49 heavy (non-hydrogen) atoms. The van der Waals surface area contributed by atoms with E-state index in [-0.39, 0.29) is 25.2 Å². The van der Waals surface area contributed by atoms with Gasteiger partial charge >= 0.3 is 12.1 Å². The van der Waals surface area contributed by atoms with Crippen LogP contribution in [0.2, 0.25) is 5.82 Å². The minimum Gasteiger partial charge on any atom is -0.455 e. The van der Waals surface area contributed by atoms with E-state index >= 15 is 4.39 Å². The first-order valence-electron chi connectivity index (χ1n) is 17.0. The number of cyclic esters (lactones) is 1. The Kier molecular flexibility index (Phi) is 11.3. The summed E-state index contributed by atoms with van der Waals surface area (Å²) in [5.41, 5.74) is 2.24. The van der Waals surface area contributed by atoms with E-state index in [1.807, 2.05) is 24.4 Å². The SMILES string of the molecule is [B][C@@H]1[C@@H](C)C(=O)[C@](C)(F)C(=O)O[C@H](CC)[C@@]2(C)OC(=O)N(CCCCn3cc(-c4cccc(N)c4)nn3)[C@@H]2[C@@H](C)C(=O)[C@H](C)C[C@@]1(C)OC. The van der Waals surface area contributed by atoms with E-state index in [2.05, 4.69) is 10.3 Å². The third-order valence-corrected chi connectivity index (χ3v) is 10.6. The molecule has 2 aliphatic heterocycles. The Morgan fingerprint density at radius 3 is 2.39 bits per heavy atom. The largest absolute Gasteiger partial charge is 0.455 e. The number of aryl methyl sites for hydroxylation is 1. The average molecular weight is 682 g/mol. The lowest BCUT2D eigenvalue weighted by Gasteiger charge is -2.43.